The number of methoxy groups -OCH3 is 1. The summed E-state index contributed by atoms with van der Waals surface area (Å²) in [5.41, 5.74) is 0. The number of ether oxygens (including phenoxy) is 1. The van der Waals surface area contributed by atoms with Crippen LogP contribution in [0.4, 0.5) is 0 Å². The molecule has 0 unspecified atom stereocenters. The van der Waals surface area contributed by atoms with Crippen molar-refractivity contribution in [2.75, 3.05) is 13.7 Å². The zero-order chi connectivity index (χ0) is 11.4. The van der Waals surface area contributed by atoms with E-state index in [1.54, 1.807) is 7.11 Å². The van der Waals surface area contributed by atoms with Crippen LogP contribution in [0.3, 0.4) is 0 Å². The largest absolute Gasteiger partial charge is 0.384 e. The van der Waals surface area contributed by atoms with Gasteiger partial charge < -0.3 is 4.74 Å². The average molecular weight is 214 g/mol. The van der Waals surface area contributed by atoms with E-state index in [-0.39, 0.29) is 0 Å². The fourth-order valence-electron chi connectivity index (χ4n) is 1.62. The first kappa shape index (κ1) is 14.6. The van der Waals surface area contributed by atoms with Gasteiger partial charge in [-0.25, -0.2) is 0 Å². The molecule has 15 heavy (non-hydrogen) atoms. The maximum absolute atomic E-state index is 11.3. The third-order valence-electron chi connectivity index (χ3n) is 2.64. The molecule has 0 aliphatic rings. The van der Waals surface area contributed by atoms with Crippen molar-refractivity contribution in [1.82, 2.24) is 0 Å². The Kier molecular flexibility index (Phi) is 11.4. The van der Waals surface area contributed by atoms with Crippen LogP contribution in [-0.4, -0.2) is 19.5 Å². The molecule has 0 aliphatic heterocycles. The van der Waals surface area contributed by atoms with Crippen LogP contribution in [0.5, 0.6) is 0 Å². The first-order valence-electron chi connectivity index (χ1n) is 6.32. The van der Waals surface area contributed by atoms with Crippen molar-refractivity contribution >= 4 is 5.78 Å². The molecule has 2 nitrogen and oxygen atoms in total. The van der Waals surface area contributed by atoms with Gasteiger partial charge in [0, 0.05) is 20.0 Å². The maximum atomic E-state index is 11.3. The molecule has 0 aliphatic carbocycles. The van der Waals surface area contributed by atoms with Crippen LogP contribution in [0.2, 0.25) is 0 Å². The minimum absolute atomic E-state index is 0.352. The fourth-order valence-corrected chi connectivity index (χ4v) is 1.62. The molecule has 0 saturated carbocycles. The predicted molar refractivity (Wildman–Crippen MR) is 64.1 cm³/mol. The van der Waals surface area contributed by atoms with E-state index in [0.29, 0.717) is 18.8 Å². The first-order valence-corrected chi connectivity index (χ1v) is 6.32. The van der Waals surface area contributed by atoms with E-state index < -0.39 is 0 Å². The highest BCUT2D eigenvalue weighted by Gasteiger charge is 2.00. The maximum Gasteiger partial charge on any atom is 0.135 e. The van der Waals surface area contributed by atoms with Gasteiger partial charge in [0.2, 0.25) is 0 Å². The molecule has 0 N–H and O–H groups in total. The van der Waals surface area contributed by atoms with Crippen molar-refractivity contribution in [2.24, 2.45) is 0 Å². The molecule has 0 fully saturated rings. The van der Waals surface area contributed by atoms with E-state index in [1.165, 1.54) is 38.5 Å². The molecule has 0 aromatic rings. The number of hydrogen-bond acceptors (Lipinski definition) is 2. The zero-order valence-corrected chi connectivity index (χ0v) is 10.4. The minimum atomic E-state index is 0.352. The molecule has 0 spiro atoms. The van der Waals surface area contributed by atoms with Crippen LogP contribution in [0, 0.1) is 0 Å². The summed E-state index contributed by atoms with van der Waals surface area (Å²) >= 11 is 0. The lowest BCUT2D eigenvalue weighted by Gasteiger charge is -2.01. The molecule has 0 radical (unpaired) electrons. The predicted octanol–water partition coefficient (Wildman–Crippen LogP) is 3.73. The van der Waals surface area contributed by atoms with E-state index in [4.69, 9.17) is 4.74 Å². The Labute approximate surface area is 94.4 Å². The molecule has 0 atom stereocenters. The number of Topliss-reactive ketones (excluding diaryl/α,β-unsaturated/α-hetero) is 1. The summed E-state index contributed by atoms with van der Waals surface area (Å²) in [7, 11) is 1.64. The summed E-state index contributed by atoms with van der Waals surface area (Å²) in [6.07, 6.45) is 10.2. The van der Waals surface area contributed by atoms with Crippen molar-refractivity contribution in [1.29, 1.82) is 0 Å². The molecule has 0 aromatic carbocycles. The molecule has 0 bridgehead atoms. The molecule has 0 saturated heterocycles. The van der Waals surface area contributed by atoms with E-state index in [1.807, 2.05) is 0 Å². The highest BCUT2D eigenvalue weighted by atomic mass is 16.5. The van der Waals surface area contributed by atoms with Crippen molar-refractivity contribution in [3.05, 3.63) is 0 Å². The van der Waals surface area contributed by atoms with Gasteiger partial charge in [-0.3, -0.25) is 4.79 Å². The SMILES string of the molecule is CCCCCCCCCC(=O)CCOC. The molecule has 0 heterocycles. The summed E-state index contributed by atoms with van der Waals surface area (Å²) in [6.45, 7) is 2.81. The van der Waals surface area contributed by atoms with Crippen molar-refractivity contribution < 1.29 is 9.53 Å². The first-order chi connectivity index (χ1) is 7.31. The van der Waals surface area contributed by atoms with Gasteiger partial charge >= 0.3 is 0 Å². The van der Waals surface area contributed by atoms with Crippen molar-refractivity contribution in [3.63, 3.8) is 0 Å². The topological polar surface area (TPSA) is 26.3 Å². The number of ketones is 1. The van der Waals surface area contributed by atoms with Gasteiger partial charge in [-0.15, -0.1) is 0 Å². The Morgan fingerprint density at radius 1 is 0.933 bits per heavy atom. The van der Waals surface area contributed by atoms with Gasteiger partial charge in [-0.2, -0.15) is 0 Å². The molecule has 0 aromatic heterocycles. The van der Waals surface area contributed by atoms with E-state index >= 15 is 0 Å². The smallest absolute Gasteiger partial charge is 0.135 e. The summed E-state index contributed by atoms with van der Waals surface area (Å²) in [5, 5.41) is 0. The Bertz CT molecular complexity index is 143. The Hall–Kier alpha value is -0.370. The van der Waals surface area contributed by atoms with Crippen LogP contribution >= 0.6 is 0 Å². The Balaban J connectivity index is 3.06. The van der Waals surface area contributed by atoms with Crippen LogP contribution in [0.25, 0.3) is 0 Å². The summed E-state index contributed by atoms with van der Waals surface area (Å²) in [6, 6.07) is 0. The van der Waals surface area contributed by atoms with Gasteiger partial charge in [0.05, 0.1) is 6.61 Å². The Morgan fingerprint density at radius 2 is 1.53 bits per heavy atom. The highest BCUT2D eigenvalue weighted by Crippen LogP contribution is 2.09. The number of carbonyl (C=O) groups is 1. The van der Waals surface area contributed by atoms with Crippen LogP contribution in [0.15, 0.2) is 0 Å². The second-order valence-corrected chi connectivity index (χ2v) is 4.15. The second kappa shape index (κ2) is 11.7. The third-order valence-corrected chi connectivity index (χ3v) is 2.64. The summed E-state index contributed by atoms with van der Waals surface area (Å²) < 4.78 is 4.86. The average Bonchev–Trinajstić information content (AvgIpc) is 2.25. The van der Waals surface area contributed by atoms with Crippen molar-refractivity contribution in [3.8, 4) is 0 Å². The lowest BCUT2D eigenvalue weighted by molar-refractivity contribution is -0.120. The van der Waals surface area contributed by atoms with Gasteiger partial charge in [-0.1, -0.05) is 45.4 Å². The van der Waals surface area contributed by atoms with Crippen molar-refractivity contribution in [2.45, 2.75) is 64.7 Å². The minimum Gasteiger partial charge on any atom is -0.384 e. The lowest BCUT2D eigenvalue weighted by atomic mass is 10.1. The standard InChI is InChI=1S/C13H26O2/c1-3-4-5-6-7-8-9-10-13(14)11-12-15-2/h3-12H2,1-2H3. The van der Waals surface area contributed by atoms with Crippen LogP contribution in [-0.2, 0) is 9.53 Å². The molecule has 90 valence electrons. The second-order valence-electron chi connectivity index (χ2n) is 4.15. The highest BCUT2D eigenvalue weighted by molar-refractivity contribution is 5.78. The summed E-state index contributed by atoms with van der Waals surface area (Å²) in [5.74, 6) is 0.352. The monoisotopic (exact) mass is 214 g/mol. The van der Waals surface area contributed by atoms with Gasteiger partial charge in [0.1, 0.15) is 5.78 Å². The van der Waals surface area contributed by atoms with Gasteiger partial charge in [0.15, 0.2) is 0 Å². The number of unbranched alkanes of at least 4 members (excludes halogenated alkanes) is 6. The number of carbonyl (C=O) groups excluding carboxylic acids is 1. The third kappa shape index (κ3) is 11.6. The molecule has 0 rings (SSSR count). The Morgan fingerprint density at radius 3 is 2.13 bits per heavy atom. The van der Waals surface area contributed by atoms with Crippen LogP contribution < -0.4 is 0 Å². The molecular formula is C13H26O2. The lowest BCUT2D eigenvalue weighted by Crippen LogP contribution is -2.02. The molecule has 2 heteroatoms. The number of hydrogen-bond donors (Lipinski definition) is 0. The van der Waals surface area contributed by atoms with E-state index in [9.17, 15) is 4.79 Å². The fraction of sp³-hybridized carbons (Fsp3) is 0.923. The van der Waals surface area contributed by atoms with E-state index in [0.717, 1.165) is 12.8 Å². The quantitative estimate of drug-likeness (QED) is 0.490. The number of rotatable bonds is 11. The van der Waals surface area contributed by atoms with Gasteiger partial charge in [0.25, 0.3) is 0 Å². The summed E-state index contributed by atoms with van der Waals surface area (Å²) in [4.78, 5) is 11.3. The zero-order valence-electron chi connectivity index (χ0n) is 10.4. The normalized spacial score (nSPS) is 10.5. The van der Waals surface area contributed by atoms with Crippen LogP contribution in [0.1, 0.15) is 64.7 Å². The van der Waals surface area contributed by atoms with Gasteiger partial charge in [-0.05, 0) is 6.42 Å². The molecule has 0 amide bonds. The van der Waals surface area contributed by atoms with E-state index in [2.05, 4.69) is 6.92 Å². The molecular weight excluding hydrogens is 188 g/mol.